The molecule has 0 fully saturated rings. The van der Waals surface area contributed by atoms with E-state index in [9.17, 15) is 14.9 Å². The monoisotopic (exact) mass is 412 g/mol. The summed E-state index contributed by atoms with van der Waals surface area (Å²) in [7, 11) is 0. The summed E-state index contributed by atoms with van der Waals surface area (Å²) in [5, 5.41) is 21.9. The molecule has 0 aliphatic carbocycles. The molecule has 9 nitrogen and oxygen atoms in total. The van der Waals surface area contributed by atoms with Crippen molar-refractivity contribution in [3.63, 3.8) is 0 Å². The Balaban J connectivity index is 1.77. The Labute approximate surface area is 153 Å². The van der Waals surface area contributed by atoms with Crippen LogP contribution in [0.3, 0.4) is 0 Å². The van der Waals surface area contributed by atoms with E-state index in [0.29, 0.717) is 25.3 Å². The fraction of sp³-hybridized carbons (Fsp3) is 0.533. The summed E-state index contributed by atoms with van der Waals surface area (Å²) in [6, 6.07) is 1.40. The predicted molar refractivity (Wildman–Crippen MR) is 95.1 cm³/mol. The van der Waals surface area contributed by atoms with Crippen molar-refractivity contribution in [2.24, 2.45) is 5.92 Å². The van der Waals surface area contributed by atoms with Crippen LogP contribution in [0.5, 0.6) is 0 Å². The number of aryl methyl sites for hydroxylation is 3. The molecule has 1 unspecified atom stereocenters. The highest BCUT2D eigenvalue weighted by molar-refractivity contribution is 9.10. The minimum Gasteiger partial charge on any atom is -0.358 e. The maximum atomic E-state index is 12.2. The van der Waals surface area contributed by atoms with Gasteiger partial charge in [-0.2, -0.15) is 9.78 Å². The molecule has 1 N–H and O–H groups in total. The summed E-state index contributed by atoms with van der Waals surface area (Å²) >= 11 is 3.41. The van der Waals surface area contributed by atoms with E-state index in [-0.39, 0.29) is 17.6 Å². The van der Waals surface area contributed by atoms with Crippen LogP contribution in [0.15, 0.2) is 16.7 Å². The number of aromatic nitrogens is 4. The van der Waals surface area contributed by atoms with Gasteiger partial charge in [-0.05, 0) is 41.1 Å². The molecule has 0 aliphatic rings. The molecule has 1 amide bonds. The topological polar surface area (TPSA) is 108 Å². The van der Waals surface area contributed by atoms with Crippen molar-refractivity contribution in [3.05, 3.63) is 38.2 Å². The molecule has 0 radical (unpaired) electrons. The average Bonchev–Trinajstić information content (AvgIpc) is 3.06. The summed E-state index contributed by atoms with van der Waals surface area (Å²) < 4.78 is 4.29. The van der Waals surface area contributed by atoms with Crippen LogP contribution in [-0.4, -0.2) is 36.9 Å². The first-order valence-electron chi connectivity index (χ1n) is 7.94. The van der Waals surface area contributed by atoms with Gasteiger partial charge >= 0.3 is 5.82 Å². The van der Waals surface area contributed by atoms with Gasteiger partial charge in [0.2, 0.25) is 5.91 Å². The number of nitrogens with zero attached hydrogens (tertiary/aromatic N) is 5. The van der Waals surface area contributed by atoms with Crippen LogP contribution in [0.25, 0.3) is 0 Å². The molecule has 0 aromatic carbocycles. The summed E-state index contributed by atoms with van der Waals surface area (Å²) in [6.45, 7) is 6.98. The normalized spacial score (nSPS) is 12.2. The first-order valence-corrected chi connectivity index (χ1v) is 8.73. The zero-order chi connectivity index (χ0) is 18.6. The predicted octanol–water partition coefficient (Wildman–Crippen LogP) is 2.21. The van der Waals surface area contributed by atoms with E-state index in [1.807, 2.05) is 17.8 Å². The number of halogens is 1. The van der Waals surface area contributed by atoms with Gasteiger partial charge in [0.15, 0.2) is 0 Å². The Morgan fingerprint density at radius 3 is 2.72 bits per heavy atom. The van der Waals surface area contributed by atoms with E-state index in [2.05, 4.69) is 31.4 Å². The minimum absolute atomic E-state index is 0.102. The number of nitro groups is 1. The Kier molecular flexibility index (Phi) is 6.29. The van der Waals surface area contributed by atoms with Crippen molar-refractivity contribution in [1.82, 2.24) is 24.9 Å². The zero-order valence-electron chi connectivity index (χ0n) is 14.4. The third-order valence-corrected chi connectivity index (χ3v) is 4.58. The third kappa shape index (κ3) is 5.12. The smallest absolute Gasteiger partial charge is 0.358 e. The van der Waals surface area contributed by atoms with Gasteiger partial charge in [-0.25, -0.2) is 0 Å². The number of hydrogen-bond acceptors (Lipinski definition) is 5. The number of carbonyl (C=O) groups is 1. The lowest BCUT2D eigenvalue weighted by Gasteiger charge is -2.11. The first kappa shape index (κ1) is 19.1. The second-order valence-corrected chi connectivity index (χ2v) is 6.81. The second kappa shape index (κ2) is 8.24. The second-order valence-electron chi connectivity index (χ2n) is 5.95. The molecule has 2 aromatic rings. The molecular weight excluding hydrogens is 392 g/mol. The van der Waals surface area contributed by atoms with Gasteiger partial charge in [0.05, 0.1) is 39.5 Å². The SMILES string of the molecule is Cc1nn(CCCNC(=O)C(C)Cn2nc([N+](=O)[O-])cc2C)cc1Br. The lowest BCUT2D eigenvalue weighted by molar-refractivity contribution is -0.389. The molecular formula is C15H21BrN6O3. The van der Waals surface area contributed by atoms with Crippen molar-refractivity contribution in [2.45, 2.75) is 40.3 Å². The Hall–Kier alpha value is -2.23. The van der Waals surface area contributed by atoms with Crippen LogP contribution in [0.1, 0.15) is 24.7 Å². The maximum Gasteiger partial charge on any atom is 0.390 e. The van der Waals surface area contributed by atoms with Gasteiger partial charge in [0, 0.05) is 19.3 Å². The van der Waals surface area contributed by atoms with E-state index in [1.165, 1.54) is 10.7 Å². The molecule has 2 aromatic heterocycles. The molecule has 0 saturated carbocycles. The molecule has 0 saturated heterocycles. The van der Waals surface area contributed by atoms with Crippen molar-refractivity contribution in [2.75, 3.05) is 6.54 Å². The van der Waals surface area contributed by atoms with Gasteiger partial charge < -0.3 is 15.4 Å². The molecule has 2 heterocycles. The number of carbonyl (C=O) groups excluding carboxylic acids is 1. The third-order valence-electron chi connectivity index (χ3n) is 3.80. The van der Waals surface area contributed by atoms with E-state index >= 15 is 0 Å². The summed E-state index contributed by atoms with van der Waals surface area (Å²) in [6.07, 6.45) is 2.67. The summed E-state index contributed by atoms with van der Waals surface area (Å²) in [5.41, 5.74) is 1.59. The van der Waals surface area contributed by atoms with E-state index in [4.69, 9.17) is 0 Å². The van der Waals surface area contributed by atoms with Gasteiger partial charge in [-0.15, -0.1) is 0 Å². The van der Waals surface area contributed by atoms with Crippen LogP contribution in [-0.2, 0) is 17.9 Å². The van der Waals surface area contributed by atoms with Crippen LogP contribution < -0.4 is 5.32 Å². The first-order chi connectivity index (χ1) is 11.8. The highest BCUT2D eigenvalue weighted by Gasteiger charge is 2.20. The molecule has 0 bridgehead atoms. The minimum atomic E-state index is -0.538. The standard InChI is InChI=1S/C15H21BrN6O3/c1-10(8-21-11(2)7-14(19-21)22(24)25)15(23)17-5-4-6-20-9-13(16)12(3)18-20/h7,9-10H,4-6,8H2,1-3H3,(H,17,23). The summed E-state index contributed by atoms with van der Waals surface area (Å²) in [4.78, 5) is 22.4. The Morgan fingerprint density at radius 2 is 2.16 bits per heavy atom. The van der Waals surface area contributed by atoms with Gasteiger partial charge in [-0.3, -0.25) is 9.48 Å². The molecule has 1 atom stereocenters. The van der Waals surface area contributed by atoms with Crippen molar-refractivity contribution >= 4 is 27.7 Å². The van der Waals surface area contributed by atoms with E-state index < -0.39 is 4.92 Å². The highest BCUT2D eigenvalue weighted by atomic mass is 79.9. The van der Waals surface area contributed by atoms with E-state index in [0.717, 1.165) is 16.6 Å². The fourth-order valence-electron chi connectivity index (χ4n) is 2.34. The van der Waals surface area contributed by atoms with Crippen LogP contribution >= 0.6 is 15.9 Å². The highest BCUT2D eigenvalue weighted by Crippen LogP contribution is 2.14. The van der Waals surface area contributed by atoms with Gasteiger partial charge in [-0.1, -0.05) is 6.92 Å². The maximum absolute atomic E-state index is 12.2. The largest absolute Gasteiger partial charge is 0.390 e. The van der Waals surface area contributed by atoms with Crippen molar-refractivity contribution < 1.29 is 9.72 Å². The molecule has 0 spiro atoms. The van der Waals surface area contributed by atoms with Gasteiger partial charge in [0.25, 0.3) is 0 Å². The number of rotatable bonds is 8. The van der Waals surface area contributed by atoms with Crippen molar-refractivity contribution in [1.29, 1.82) is 0 Å². The number of amides is 1. The quantitative estimate of drug-likeness (QED) is 0.406. The lowest BCUT2D eigenvalue weighted by Crippen LogP contribution is -2.33. The van der Waals surface area contributed by atoms with Crippen LogP contribution in [0, 0.1) is 29.9 Å². The molecule has 0 aliphatic heterocycles. The van der Waals surface area contributed by atoms with Crippen molar-refractivity contribution in [3.8, 4) is 0 Å². The molecule has 10 heteroatoms. The number of nitrogens with one attached hydrogen (secondary N) is 1. The van der Waals surface area contributed by atoms with Crippen LogP contribution in [0.4, 0.5) is 5.82 Å². The fourth-order valence-corrected chi connectivity index (χ4v) is 2.66. The van der Waals surface area contributed by atoms with Gasteiger partial charge in [0.1, 0.15) is 0 Å². The lowest BCUT2D eigenvalue weighted by atomic mass is 10.1. The Bertz CT molecular complexity index is 750. The van der Waals surface area contributed by atoms with Crippen LogP contribution in [0.2, 0.25) is 0 Å². The molecule has 25 heavy (non-hydrogen) atoms. The molecule has 136 valence electrons. The molecule has 2 rings (SSSR count). The average molecular weight is 413 g/mol. The summed E-state index contributed by atoms with van der Waals surface area (Å²) in [5.74, 6) is -0.638. The Morgan fingerprint density at radius 1 is 1.44 bits per heavy atom. The zero-order valence-corrected chi connectivity index (χ0v) is 16.0. The van der Waals surface area contributed by atoms with E-state index in [1.54, 1.807) is 13.8 Å². The number of hydrogen-bond donors (Lipinski definition) is 1.